The second kappa shape index (κ2) is 4.33. The number of hydrogen-bond donors (Lipinski definition) is 0. The summed E-state index contributed by atoms with van der Waals surface area (Å²) in [7, 11) is 0. The maximum Gasteiger partial charge on any atom is 0.222 e. The normalized spacial score (nSPS) is 32.5. The fourth-order valence-electron chi connectivity index (χ4n) is 3.14. The molecule has 1 saturated heterocycles. The summed E-state index contributed by atoms with van der Waals surface area (Å²) in [5, 5.41) is 0. The van der Waals surface area contributed by atoms with Crippen LogP contribution in [0.1, 0.15) is 51.9 Å². The lowest BCUT2D eigenvalue weighted by molar-refractivity contribution is -0.137. The van der Waals surface area contributed by atoms with Gasteiger partial charge in [-0.2, -0.15) is 0 Å². The van der Waals surface area contributed by atoms with Crippen LogP contribution < -0.4 is 0 Å². The Labute approximate surface area is 86.7 Å². The Morgan fingerprint density at radius 2 is 1.93 bits per heavy atom. The zero-order chi connectivity index (χ0) is 9.97. The molecule has 0 aromatic rings. The van der Waals surface area contributed by atoms with Gasteiger partial charge in [0.05, 0.1) is 0 Å². The molecule has 1 saturated carbocycles. The number of hydrogen-bond acceptors (Lipinski definition) is 1. The third kappa shape index (κ3) is 1.79. The zero-order valence-corrected chi connectivity index (χ0v) is 9.17. The molecule has 2 heteroatoms. The maximum absolute atomic E-state index is 11.7. The average molecular weight is 195 g/mol. The highest BCUT2D eigenvalue weighted by Gasteiger charge is 2.34. The van der Waals surface area contributed by atoms with Crippen LogP contribution in [0.15, 0.2) is 0 Å². The molecule has 0 bridgehead atoms. The van der Waals surface area contributed by atoms with Crippen molar-refractivity contribution in [3.05, 3.63) is 0 Å². The molecular weight excluding hydrogens is 174 g/mol. The Morgan fingerprint density at radius 1 is 1.21 bits per heavy atom. The first-order chi connectivity index (χ1) is 6.83. The minimum Gasteiger partial charge on any atom is -0.339 e. The lowest BCUT2D eigenvalue weighted by Gasteiger charge is -2.44. The van der Waals surface area contributed by atoms with Gasteiger partial charge < -0.3 is 4.90 Å². The lowest BCUT2D eigenvalue weighted by Crippen LogP contribution is -2.49. The number of carbonyl (C=O) groups excluding carboxylic acids is 1. The number of nitrogens with zero attached hydrogens (tertiary/aromatic N) is 1. The van der Waals surface area contributed by atoms with Gasteiger partial charge in [-0.15, -0.1) is 0 Å². The monoisotopic (exact) mass is 195 g/mol. The Bertz CT molecular complexity index is 212. The van der Waals surface area contributed by atoms with Crippen molar-refractivity contribution in [3.8, 4) is 0 Å². The van der Waals surface area contributed by atoms with Gasteiger partial charge in [-0.1, -0.05) is 19.8 Å². The van der Waals surface area contributed by atoms with E-state index in [0.29, 0.717) is 18.4 Å². The molecule has 0 radical (unpaired) electrons. The molecule has 2 atom stereocenters. The minimum atomic E-state index is 0.376. The largest absolute Gasteiger partial charge is 0.339 e. The predicted molar refractivity (Wildman–Crippen MR) is 57.0 cm³/mol. The lowest BCUT2D eigenvalue weighted by atomic mass is 9.78. The van der Waals surface area contributed by atoms with Gasteiger partial charge in [-0.05, 0) is 31.6 Å². The van der Waals surface area contributed by atoms with E-state index in [1.54, 1.807) is 0 Å². The highest BCUT2D eigenvalue weighted by molar-refractivity contribution is 5.76. The summed E-state index contributed by atoms with van der Waals surface area (Å²) in [6.45, 7) is 3.00. The van der Waals surface area contributed by atoms with Crippen molar-refractivity contribution < 1.29 is 4.79 Å². The summed E-state index contributed by atoms with van der Waals surface area (Å²) < 4.78 is 0. The van der Waals surface area contributed by atoms with Crippen molar-refractivity contribution >= 4 is 5.91 Å². The van der Waals surface area contributed by atoms with Gasteiger partial charge in [0, 0.05) is 19.0 Å². The van der Waals surface area contributed by atoms with E-state index in [1.807, 2.05) is 6.92 Å². The van der Waals surface area contributed by atoms with E-state index in [1.165, 1.54) is 38.5 Å². The van der Waals surface area contributed by atoms with E-state index in [0.717, 1.165) is 12.5 Å². The van der Waals surface area contributed by atoms with Crippen molar-refractivity contribution in [3.63, 3.8) is 0 Å². The molecule has 1 aliphatic heterocycles. The molecule has 2 rings (SSSR count). The van der Waals surface area contributed by atoms with E-state index >= 15 is 0 Å². The highest BCUT2D eigenvalue weighted by Crippen LogP contribution is 2.35. The van der Waals surface area contributed by atoms with Crippen LogP contribution in [0.2, 0.25) is 0 Å². The third-order valence-corrected chi connectivity index (χ3v) is 3.87. The molecule has 1 aliphatic carbocycles. The molecule has 2 nitrogen and oxygen atoms in total. The molecule has 2 fully saturated rings. The van der Waals surface area contributed by atoms with Crippen LogP contribution in [-0.2, 0) is 4.79 Å². The van der Waals surface area contributed by atoms with Gasteiger partial charge in [0.15, 0.2) is 0 Å². The minimum absolute atomic E-state index is 0.376. The number of piperidine rings is 1. The second-order valence-electron chi connectivity index (χ2n) is 4.69. The topological polar surface area (TPSA) is 20.3 Å². The van der Waals surface area contributed by atoms with Crippen molar-refractivity contribution in [2.45, 2.75) is 57.9 Å². The summed E-state index contributed by atoms with van der Waals surface area (Å²) in [5.74, 6) is 1.20. The Hall–Kier alpha value is -0.530. The van der Waals surface area contributed by atoms with Crippen LogP contribution in [0, 0.1) is 5.92 Å². The fraction of sp³-hybridized carbons (Fsp3) is 0.917. The first kappa shape index (κ1) is 10.0. The van der Waals surface area contributed by atoms with Gasteiger partial charge >= 0.3 is 0 Å². The molecule has 0 N–H and O–H groups in total. The third-order valence-electron chi connectivity index (χ3n) is 3.87. The van der Waals surface area contributed by atoms with E-state index < -0.39 is 0 Å². The fourth-order valence-corrected chi connectivity index (χ4v) is 3.14. The Balaban J connectivity index is 2.04. The average Bonchev–Trinajstić information content (AvgIpc) is 2.27. The number of carbonyl (C=O) groups is 1. The Morgan fingerprint density at radius 3 is 2.71 bits per heavy atom. The first-order valence-corrected chi connectivity index (χ1v) is 6.12. The summed E-state index contributed by atoms with van der Waals surface area (Å²) in [5.41, 5.74) is 0. The van der Waals surface area contributed by atoms with Crippen LogP contribution in [0.3, 0.4) is 0 Å². The standard InChI is InChI=1S/C12H21NO/c1-2-12(14)13-9-5-7-10-6-3-4-8-11(10)13/h10-11H,2-9H2,1H3/t10-,11-/m1/s1. The first-order valence-electron chi connectivity index (χ1n) is 6.12. The molecule has 0 aromatic carbocycles. The van der Waals surface area contributed by atoms with Gasteiger partial charge in [0.1, 0.15) is 0 Å². The predicted octanol–water partition coefficient (Wildman–Crippen LogP) is 2.58. The molecule has 1 amide bonds. The SMILES string of the molecule is CCC(=O)N1CCC[C@H]2CCCC[C@H]21. The van der Waals surface area contributed by atoms with E-state index in [9.17, 15) is 4.79 Å². The van der Waals surface area contributed by atoms with Crippen LogP contribution in [-0.4, -0.2) is 23.4 Å². The summed E-state index contributed by atoms with van der Waals surface area (Å²) in [6, 6.07) is 0.602. The second-order valence-corrected chi connectivity index (χ2v) is 4.69. The Kier molecular flexibility index (Phi) is 3.09. The highest BCUT2D eigenvalue weighted by atomic mass is 16.2. The van der Waals surface area contributed by atoms with Crippen molar-refractivity contribution in [2.24, 2.45) is 5.92 Å². The van der Waals surface area contributed by atoms with Crippen molar-refractivity contribution in [1.29, 1.82) is 0 Å². The molecule has 0 spiro atoms. The molecule has 14 heavy (non-hydrogen) atoms. The van der Waals surface area contributed by atoms with Crippen LogP contribution in [0.5, 0.6) is 0 Å². The molecule has 0 unspecified atom stereocenters. The molecule has 2 aliphatic rings. The molecular formula is C12H21NO. The van der Waals surface area contributed by atoms with Crippen LogP contribution in [0.4, 0.5) is 0 Å². The molecule has 0 aromatic heterocycles. The summed E-state index contributed by atoms with van der Waals surface area (Å²) in [4.78, 5) is 13.9. The number of likely N-dealkylation sites (tertiary alicyclic amines) is 1. The van der Waals surface area contributed by atoms with Gasteiger partial charge in [-0.3, -0.25) is 4.79 Å². The number of fused-ring (bicyclic) bond motifs is 1. The van der Waals surface area contributed by atoms with E-state index in [4.69, 9.17) is 0 Å². The van der Waals surface area contributed by atoms with E-state index in [2.05, 4.69) is 4.90 Å². The quantitative estimate of drug-likeness (QED) is 0.629. The van der Waals surface area contributed by atoms with Crippen LogP contribution >= 0.6 is 0 Å². The summed E-state index contributed by atoms with van der Waals surface area (Å²) in [6.07, 6.45) is 8.60. The van der Waals surface area contributed by atoms with Crippen molar-refractivity contribution in [1.82, 2.24) is 4.90 Å². The number of rotatable bonds is 1. The number of amides is 1. The van der Waals surface area contributed by atoms with Gasteiger partial charge in [0.25, 0.3) is 0 Å². The van der Waals surface area contributed by atoms with Gasteiger partial charge in [0.2, 0.25) is 5.91 Å². The van der Waals surface area contributed by atoms with Crippen molar-refractivity contribution in [2.75, 3.05) is 6.54 Å². The molecule has 80 valence electrons. The van der Waals surface area contributed by atoms with Gasteiger partial charge in [-0.25, -0.2) is 0 Å². The summed E-state index contributed by atoms with van der Waals surface area (Å²) >= 11 is 0. The smallest absolute Gasteiger partial charge is 0.222 e. The molecule has 1 heterocycles. The van der Waals surface area contributed by atoms with E-state index in [-0.39, 0.29) is 0 Å². The van der Waals surface area contributed by atoms with Crippen LogP contribution in [0.25, 0.3) is 0 Å². The zero-order valence-electron chi connectivity index (χ0n) is 9.17. The maximum atomic E-state index is 11.7.